The minimum absolute atomic E-state index is 0.0462. The van der Waals surface area contributed by atoms with Crippen LogP contribution in [-0.2, 0) is 4.79 Å². The number of aliphatic carboxylic acids is 1. The van der Waals surface area contributed by atoms with Crippen molar-refractivity contribution in [3.63, 3.8) is 0 Å². The second kappa shape index (κ2) is 5.14. The fraction of sp³-hybridized carbons (Fsp3) is 0.273. The molecule has 0 saturated carbocycles. The molecule has 0 unspecified atom stereocenters. The van der Waals surface area contributed by atoms with E-state index in [1.54, 1.807) is 31.2 Å². The van der Waals surface area contributed by atoms with Gasteiger partial charge in [0.1, 0.15) is 18.1 Å². The zero-order chi connectivity index (χ0) is 11.3. The minimum Gasteiger partial charge on any atom is -0.490 e. The second-order valence-electron chi connectivity index (χ2n) is 3.21. The van der Waals surface area contributed by atoms with Gasteiger partial charge in [-0.2, -0.15) is 0 Å². The molecule has 80 valence electrons. The zero-order valence-corrected chi connectivity index (χ0v) is 8.34. The van der Waals surface area contributed by atoms with Gasteiger partial charge in [0.2, 0.25) is 0 Å². The smallest absolute Gasteiger partial charge is 0.307 e. The summed E-state index contributed by atoms with van der Waals surface area (Å²) >= 11 is 0. The number of carbonyl (C=O) groups is 2. The number of benzene rings is 1. The fourth-order valence-corrected chi connectivity index (χ4v) is 1.14. The number of hydrogen-bond acceptors (Lipinski definition) is 3. The molecule has 0 spiro atoms. The summed E-state index contributed by atoms with van der Waals surface area (Å²) in [7, 11) is 0. The van der Waals surface area contributed by atoms with Gasteiger partial charge in [0.05, 0.1) is 6.42 Å². The third-order valence-corrected chi connectivity index (χ3v) is 1.82. The number of ether oxygens (including phenoxy) is 1. The molecule has 0 bridgehead atoms. The van der Waals surface area contributed by atoms with Crippen molar-refractivity contribution in [3.8, 4) is 5.75 Å². The first-order valence-corrected chi connectivity index (χ1v) is 4.55. The summed E-state index contributed by atoms with van der Waals surface area (Å²) in [5, 5.41) is 8.52. The second-order valence-corrected chi connectivity index (χ2v) is 3.21. The molecule has 0 heterocycles. The van der Waals surface area contributed by atoms with Gasteiger partial charge in [0.15, 0.2) is 0 Å². The Bertz CT molecular complexity index is 342. The molecule has 4 nitrogen and oxygen atoms in total. The highest BCUT2D eigenvalue weighted by molar-refractivity contribution is 5.74. The summed E-state index contributed by atoms with van der Waals surface area (Å²) in [5.41, 5.74) is 0.563. The maximum Gasteiger partial charge on any atom is 0.307 e. The Morgan fingerprint density at radius 2 is 2.07 bits per heavy atom. The van der Waals surface area contributed by atoms with E-state index in [9.17, 15) is 9.59 Å². The molecule has 1 aromatic carbocycles. The van der Waals surface area contributed by atoms with Gasteiger partial charge in [0.25, 0.3) is 0 Å². The molecule has 1 N–H and O–H groups in total. The van der Waals surface area contributed by atoms with E-state index in [2.05, 4.69) is 0 Å². The van der Waals surface area contributed by atoms with Crippen LogP contribution in [0.5, 0.6) is 5.75 Å². The Morgan fingerprint density at radius 3 is 2.53 bits per heavy atom. The largest absolute Gasteiger partial charge is 0.490 e. The molecule has 15 heavy (non-hydrogen) atoms. The molecule has 0 fully saturated rings. The van der Waals surface area contributed by atoms with E-state index in [0.29, 0.717) is 11.3 Å². The van der Waals surface area contributed by atoms with Gasteiger partial charge in [0, 0.05) is 5.56 Å². The lowest BCUT2D eigenvalue weighted by atomic mass is 10.2. The van der Waals surface area contributed by atoms with Crippen molar-refractivity contribution >= 4 is 12.3 Å². The number of carbonyl (C=O) groups excluding carboxylic acids is 1. The van der Waals surface area contributed by atoms with E-state index >= 15 is 0 Å². The van der Waals surface area contributed by atoms with E-state index in [1.807, 2.05) is 0 Å². The normalized spacial score (nSPS) is 11.8. The Balaban J connectivity index is 2.56. The van der Waals surface area contributed by atoms with E-state index in [1.165, 1.54) is 0 Å². The zero-order valence-electron chi connectivity index (χ0n) is 8.34. The number of rotatable bonds is 5. The van der Waals surface area contributed by atoms with Crippen LogP contribution in [0.4, 0.5) is 0 Å². The van der Waals surface area contributed by atoms with Crippen LogP contribution in [0.2, 0.25) is 0 Å². The highest BCUT2D eigenvalue weighted by atomic mass is 16.5. The lowest BCUT2D eigenvalue weighted by Crippen LogP contribution is -2.16. The molecule has 0 aliphatic carbocycles. The molecule has 1 aromatic rings. The number of hydrogen-bond donors (Lipinski definition) is 1. The van der Waals surface area contributed by atoms with E-state index in [0.717, 1.165) is 6.29 Å². The summed E-state index contributed by atoms with van der Waals surface area (Å²) in [5.74, 6) is -0.332. The Kier molecular flexibility index (Phi) is 3.85. The summed E-state index contributed by atoms with van der Waals surface area (Å²) < 4.78 is 5.33. The van der Waals surface area contributed by atoms with Crippen LogP contribution in [0.15, 0.2) is 24.3 Å². The lowest BCUT2D eigenvalue weighted by Gasteiger charge is -2.12. The monoisotopic (exact) mass is 208 g/mol. The Hall–Kier alpha value is -1.84. The van der Waals surface area contributed by atoms with E-state index in [-0.39, 0.29) is 12.5 Å². The molecular formula is C11H12O4. The van der Waals surface area contributed by atoms with Gasteiger partial charge in [-0.05, 0) is 31.2 Å². The average molecular weight is 208 g/mol. The topological polar surface area (TPSA) is 63.6 Å². The lowest BCUT2D eigenvalue weighted by molar-refractivity contribution is -0.138. The first-order valence-electron chi connectivity index (χ1n) is 4.55. The number of aldehydes is 1. The quantitative estimate of drug-likeness (QED) is 0.748. The predicted octanol–water partition coefficient (Wildman–Crippen LogP) is 1.74. The molecular weight excluding hydrogens is 196 g/mol. The van der Waals surface area contributed by atoms with Gasteiger partial charge in [-0.3, -0.25) is 9.59 Å². The van der Waals surface area contributed by atoms with Crippen LogP contribution >= 0.6 is 0 Å². The molecule has 4 heteroatoms. The minimum atomic E-state index is -0.896. The highest BCUT2D eigenvalue weighted by Gasteiger charge is 2.08. The maximum atomic E-state index is 10.4. The van der Waals surface area contributed by atoms with Crippen LogP contribution in [0.3, 0.4) is 0 Å². The molecule has 0 saturated heterocycles. The molecule has 0 aromatic heterocycles. The number of carboxylic acids is 1. The van der Waals surface area contributed by atoms with Gasteiger partial charge in [-0.15, -0.1) is 0 Å². The third-order valence-electron chi connectivity index (χ3n) is 1.82. The SMILES string of the molecule is C[C@@H](CC(=O)O)Oc1ccc(C=O)cc1. The first-order chi connectivity index (χ1) is 7.11. The standard InChI is InChI=1S/C11H12O4/c1-8(6-11(13)14)15-10-4-2-9(7-12)3-5-10/h2-5,7-8H,6H2,1H3,(H,13,14)/t8-/m0/s1. The van der Waals surface area contributed by atoms with Crippen LogP contribution in [0.25, 0.3) is 0 Å². The summed E-state index contributed by atoms with van der Waals surface area (Å²) in [6.45, 7) is 1.68. The van der Waals surface area contributed by atoms with Crippen molar-refractivity contribution in [2.24, 2.45) is 0 Å². The summed E-state index contributed by atoms with van der Waals surface area (Å²) in [6.07, 6.45) is 0.310. The van der Waals surface area contributed by atoms with Gasteiger partial charge in [-0.1, -0.05) is 0 Å². The van der Waals surface area contributed by atoms with E-state index in [4.69, 9.17) is 9.84 Å². The average Bonchev–Trinajstić information content (AvgIpc) is 2.17. The fourth-order valence-electron chi connectivity index (χ4n) is 1.14. The van der Waals surface area contributed by atoms with Crippen molar-refractivity contribution < 1.29 is 19.4 Å². The van der Waals surface area contributed by atoms with Crippen molar-refractivity contribution in [3.05, 3.63) is 29.8 Å². The van der Waals surface area contributed by atoms with Crippen molar-refractivity contribution in [2.75, 3.05) is 0 Å². The van der Waals surface area contributed by atoms with Crippen LogP contribution < -0.4 is 4.74 Å². The molecule has 1 rings (SSSR count). The van der Waals surface area contributed by atoms with Gasteiger partial charge >= 0.3 is 5.97 Å². The number of carboxylic acid groups (broad SMARTS) is 1. The summed E-state index contributed by atoms with van der Waals surface area (Å²) in [4.78, 5) is 20.7. The third kappa shape index (κ3) is 3.81. The van der Waals surface area contributed by atoms with E-state index < -0.39 is 5.97 Å². The molecule has 0 aliphatic rings. The summed E-state index contributed by atoms with van der Waals surface area (Å²) in [6, 6.07) is 6.52. The first kappa shape index (κ1) is 11.2. The van der Waals surface area contributed by atoms with Crippen molar-refractivity contribution in [1.29, 1.82) is 0 Å². The van der Waals surface area contributed by atoms with Crippen LogP contribution in [-0.4, -0.2) is 23.5 Å². The molecule has 0 amide bonds. The highest BCUT2D eigenvalue weighted by Crippen LogP contribution is 2.13. The Labute approximate surface area is 87.5 Å². The molecule has 0 aliphatic heterocycles. The molecule has 1 atom stereocenters. The van der Waals surface area contributed by atoms with Crippen molar-refractivity contribution in [1.82, 2.24) is 0 Å². The van der Waals surface area contributed by atoms with Gasteiger partial charge in [-0.25, -0.2) is 0 Å². The Morgan fingerprint density at radius 1 is 1.47 bits per heavy atom. The maximum absolute atomic E-state index is 10.4. The predicted molar refractivity (Wildman–Crippen MR) is 54.2 cm³/mol. The van der Waals surface area contributed by atoms with Crippen LogP contribution in [0, 0.1) is 0 Å². The van der Waals surface area contributed by atoms with Crippen LogP contribution in [0.1, 0.15) is 23.7 Å². The van der Waals surface area contributed by atoms with Gasteiger partial charge < -0.3 is 9.84 Å². The van der Waals surface area contributed by atoms with Crippen molar-refractivity contribution in [2.45, 2.75) is 19.4 Å². The molecule has 0 radical (unpaired) electrons.